The van der Waals surface area contributed by atoms with E-state index >= 15 is 0 Å². The number of carbonyl (C=O) groups is 2. The molecule has 0 rings (SSSR count). The number of unbranched alkanes of at least 4 members (excludes halogenated alkanes) is 8. The van der Waals surface area contributed by atoms with Crippen molar-refractivity contribution in [2.24, 2.45) is 0 Å². The molecule has 5 nitrogen and oxygen atoms in total. The third-order valence-corrected chi connectivity index (χ3v) is 4.46. The lowest BCUT2D eigenvalue weighted by Crippen LogP contribution is -2.30. The van der Waals surface area contributed by atoms with E-state index in [0.29, 0.717) is 6.54 Å². The zero-order valence-corrected chi connectivity index (χ0v) is 18.6. The number of hydrogen-bond acceptors (Lipinski definition) is 3. The Labute approximate surface area is 178 Å². The quantitative estimate of drug-likeness (QED) is 0.222. The topological polar surface area (TPSA) is 67.4 Å². The number of hydrogen-bond donors (Lipinski definition) is 2. The largest absolute Gasteiger partial charge is 0.439 e. The standard InChI is InChI=1S/C24H42N2O3/c1-3-4-5-6-7-8-9-10-11-12-13-14-15-16-17-18-19-20-21-26-24(28)29-22-23(27)25-2/h4-5,7-8,10-11H,3,6,9,12-22H2,1-2H3,(H,25,27)(H,26,28)/b5-4+,8-7+,11-10+. The maximum atomic E-state index is 11.3. The smallest absolute Gasteiger partial charge is 0.407 e. The minimum absolute atomic E-state index is 0.230. The van der Waals surface area contributed by atoms with Gasteiger partial charge in [0.1, 0.15) is 0 Å². The second kappa shape index (κ2) is 22.3. The molecule has 29 heavy (non-hydrogen) atoms. The monoisotopic (exact) mass is 406 g/mol. The predicted octanol–water partition coefficient (Wildman–Crippen LogP) is 5.83. The lowest BCUT2D eigenvalue weighted by Gasteiger charge is -2.06. The van der Waals surface area contributed by atoms with Crippen molar-refractivity contribution in [3.05, 3.63) is 36.5 Å². The highest BCUT2D eigenvalue weighted by Crippen LogP contribution is 2.10. The first kappa shape index (κ1) is 27.0. The Hall–Kier alpha value is -2.04. The van der Waals surface area contributed by atoms with E-state index in [-0.39, 0.29) is 12.5 Å². The summed E-state index contributed by atoms with van der Waals surface area (Å²) in [6.45, 7) is 2.53. The lowest BCUT2D eigenvalue weighted by atomic mass is 10.1. The zero-order chi connectivity index (χ0) is 21.4. The van der Waals surface area contributed by atoms with Gasteiger partial charge in [-0.3, -0.25) is 4.79 Å². The van der Waals surface area contributed by atoms with Crippen LogP contribution in [0.25, 0.3) is 0 Å². The summed E-state index contributed by atoms with van der Waals surface area (Å²) in [7, 11) is 1.51. The minimum atomic E-state index is -0.525. The predicted molar refractivity (Wildman–Crippen MR) is 122 cm³/mol. The summed E-state index contributed by atoms with van der Waals surface area (Å²) >= 11 is 0. The summed E-state index contributed by atoms with van der Waals surface area (Å²) in [4.78, 5) is 22.3. The molecular weight excluding hydrogens is 364 g/mol. The molecule has 0 radical (unpaired) electrons. The molecule has 0 heterocycles. The van der Waals surface area contributed by atoms with Gasteiger partial charge in [0.25, 0.3) is 5.91 Å². The van der Waals surface area contributed by atoms with E-state index in [1.54, 1.807) is 0 Å². The third-order valence-electron chi connectivity index (χ3n) is 4.46. The van der Waals surface area contributed by atoms with Gasteiger partial charge in [0.05, 0.1) is 0 Å². The van der Waals surface area contributed by atoms with E-state index in [0.717, 1.165) is 32.1 Å². The third kappa shape index (κ3) is 22.1. The normalized spacial score (nSPS) is 11.5. The summed E-state index contributed by atoms with van der Waals surface area (Å²) in [5.74, 6) is -0.306. The van der Waals surface area contributed by atoms with Crippen LogP contribution >= 0.6 is 0 Å². The average molecular weight is 407 g/mol. The number of allylic oxidation sites excluding steroid dienone is 6. The minimum Gasteiger partial charge on any atom is -0.439 e. The van der Waals surface area contributed by atoms with Gasteiger partial charge >= 0.3 is 6.09 Å². The van der Waals surface area contributed by atoms with Crippen molar-refractivity contribution in [3.8, 4) is 0 Å². The van der Waals surface area contributed by atoms with Crippen LogP contribution in [0.15, 0.2) is 36.5 Å². The van der Waals surface area contributed by atoms with Crippen LogP contribution in [-0.4, -0.2) is 32.2 Å². The highest BCUT2D eigenvalue weighted by Gasteiger charge is 2.04. The molecular formula is C24H42N2O3. The van der Waals surface area contributed by atoms with Crippen molar-refractivity contribution >= 4 is 12.0 Å². The van der Waals surface area contributed by atoms with Gasteiger partial charge in [0.15, 0.2) is 6.61 Å². The van der Waals surface area contributed by atoms with E-state index in [9.17, 15) is 9.59 Å². The van der Waals surface area contributed by atoms with Crippen molar-refractivity contribution in [2.75, 3.05) is 20.2 Å². The van der Waals surface area contributed by atoms with Gasteiger partial charge in [0.2, 0.25) is 0 Å². The van der Waals surface area contributed by atoms with Crippen LogP contribution in [0.2, 0.25) is 0 Å². The first-order valence-electron chi connectivity index (χ1n) is 11.3. The highest BCUT2D eigenvalue weighted by atomic mass is 16.6. The van der Waals surface area contributed by atoms with E-state index in [4.69, 9.17) is 4.74 Å². The fourth-order valence-electron chi connectivity index (χ4n) is 2.72. The fourth-order valence-corrected chi connectivity index (χ4v) is 2.72. The molecule has 0 fully saturated rings. The fraction of sp³-hybridized carbons (Fsp3) is 0.667. The molecule has 0 aromatic rings. The molecule has 0 aromatic heterocycles. The Morgan fingerprint density at radius 3 is 1.93 bits per heavy atom. The van der Waals surface area contributed by atoms with E-state index in [1.807, 2.05) is 0 Å². The molecule has 166 valence electrons. The molecule has 0 spiro atoms. The number of likely N-dealkylation sites (N-methyl/N-ethyl adjacent to an activating group) is 1. The summed E-state index contributed by atoms with van der Waals surface area (Å²) in [5, 5.41) is 5.06. The Bertz CT molecular complexity index is 485. The maximum Gasteiger partial charge on any atom is 0.407 e. The molecule has 0 saturated heterocycles. The summed E-state index contributed by atoms with van der Waals surface area (Å²) in [6, 6.07) is 0. The summed E-state index contributed by atoms with van der Waals surface area (Å²) in [6.07, 6.45) is 27.0. The number of nitrogens with one attached hydrogen (secondary N) is 2. The summed E-state index contributed by atoms with van der Waals surface area (Å²) in [5.41, 5.74) is 0. The van der Waals surface area contributed by atoms with Gasteiger partial charge in [-0.15, -0.1) is 0 Å². The average Bonchev–Trinajstić information content (AvgIpc) is 2.73. The van der Waals surface area contributed by atoms with Gasteiger partial charge in [-0.05, 0) is 38.5 Å². The van der Waals surface area contributed by atoms with Crippen LogP contribution in [-0.2, 0) is 9.53 Å². The van der Waals surface area contributed by atoms with E-state index in [1.165, 1.54) is 52.0 Å². The second-order valence-electron chi connectivity index (χ2n) is 7.09. The van der Waals surface area contributed by atoms with Gasteiger partial charge in [-0.2, -0.15) is 0 Å². The van der Waals surface area contributed by atoms with Crippen LogP contribution in [0.5, 0.6) is 0 Å². The van der Waals surface area contributed by atoms with E-state index < -0.39 is 6.09 Å². The van der Waals surface area contributed by atoms with Gasteiger partial charge in [0, 0.05) is 13.6 Å². The SMILES string of the molecule is CC/C=C/C/C=C/C/C=C/CCCCCCCCCCNC(=O)OCC(=O)NC. The second-order valence-corrected chi connectivity index (χ2v) is 7.09. The molecule has 0 unspecified atom stereocenters. The van der Waals surface area contributed by atoms with Crippen LogP contribution < -0.4 is 10.6 Å². The van der Waals surface area contributed by atoms with Gasteiger partial charge < -0.3 is 15.4 Å². The first-order chi connectivity index (χ1) is 14.2. The molecule has 0 aliphatic rings. The molecule has 5 heteroatoms. The van der Waals surface area contributed by atoms with Crippen LogP contribution in [0, 0.1) is 0 Å². The Balaban J connectivity index is 3.27. The number of ether oxygens (including phenoxy) is 1. The molecule has 0 atom stereocenters. The van der Waals surface area contributed by atoms with Crippen molar-refractivity contribution in [2.45, 2.75) is 84.0 Å². The van der Waals surface area contributed by atoms with Crippen LogP contribution in [0.1, 0.15) is 84.0 Å². The summed E-state index contributed by atoms with van der Waals surface area (Å²) < 4.78 is 4.76. The number of alkyl carbamates (subject to hydrolysis) is 1. The molecule has 2 N–H and O–H groups in total. The first-order valence-corrected chi connectivity index (χ1v) is 11.3. The van der Waals surface area contributed by atoms with Crippen molar-refractivity contribution in [3.63, 3.8) is 0 Å². The van der Waals surface area contributed by atoms with Gasteiger partial charge in [-0.25, -0.2) is 4.79 Å². The number of rotatable bonds is 18. The van der Waals surface area contributed by atoms with Crippen molar-refractivity contribution in [1.29, 1.82) is 0 Å². The molecule has 0 aliphatic carbocycles. The van der Waals surface area contributed by atoms with Gasteiger partial charge in [-0.1, -0.05) is 81.9 Å². The Morgan fingerprint density at radius 2 is 1.31 bits per heavy atom. The molecule has 0 aromatic carbocycles. The van der Waals surface area contributed by atoms with Crippen LogP contribution in [0.3, 0.4) is 0 Å². The van der Waals surface area contributed by atoms with E-state index in [2.05, 4.69) is 54.0 Å². The Morgan fingerprint density at radius 1 is 0.759 bits per heavy atom. The molecule has 2 amide bonds. The molecule has 0 saturated carbocycles. The maximum absolute atomic E-state index is 11.3. The Kier molecular flexibility index (Phi) is 20.7. The lowest BCUT2D eigenvalue weighted by molar-refractivity contribution is -0.123. The van der Waals surface area contributed by atoms with Crippen LogP contribution in [0.4, 0.5) is 4.79 Å². The number of amides is 2. The number of carbonyl (C=O) groups excluding carboxylic acids is 2. The molecule has 0 bridgehead atoms. The van der Waals surface area contributed by atoms with Crippen molar-refractivity contribution < 1.29 is 14.3 Å². The highest BCUT2D eigenvalue weighted by molar-refractivity contribution is 5.79. The zero-order valence-electron chi connectivity index (χ0n) is 18.6. The van der Waals surface area contributed by atoms with Crippen molar-refractivity contribution in [1.82, 2.24) is 10.6 Å². The molecule has 0 aliphatic heterocycles.